The van der Waals surface area contributed by atoms with Gasteiger partial charge in [-0.15, -0.1) is 0 Å². The molecule has 2 aromatic rings. The van der Waals surface area contributed by atoms with Crippen molar-refractivity contribution in [2.45, 2.75) is 12.5 Å². The number of ether oxygens (including phenoxy) is 1. The molecule has 1 atom stereocenters. The second-order valence-electron chi connectivity index (χ2n) is 4.45. The van der Waals surface area contributed by atoms with Crippen molar-refractivity contribution in [3.63, 3.8) is 0 Å². The molecule has 0 aliphatic carbocycles. The van der Waals surface area contributed by atoms with E-state index in [1.807, 2.05) is 0 Å². The van der Waals surface area contributed by atoms with Gasteiger partial charge in [0.05, 0.1) is 12.1 Å². The van der Waals surface area contributed by atoms with E-state index in [-0.39, 0.29) is 16.8 Å². The maximum atomic E-state index is 13.6. The van der Waals surface area contributed by atoms with Gasteiger partial charge in [-0.25, -0.2) is 8.78 Å². The van der Waals surface area contributed by atoms with Crippen LogP contribution in [0.1, 0.15) is 17.2 Å². The van der Waals surface area contributed by atoms with E-state index >= 15 is 0 Å². The van der Waals surface area contributed by atoms with Crippen molar-refractivity contribution in [1.29, 1.82) is 0 Å². The normalized spacial score (nSPS) is 12.2. The maximum Gasteiger partial charge on any atom is 0.165 e. The lowest BCUT2D eigenvalue weighted by Gasteiger charge is -2.13. The fraction of sp³-hybridized carbons (Fsp3) is 0.200. The SMILES string of the molecule is COc1ccc(CC(N)c2ccc(F)c(Cl)c2)cc1F. The predicted molar refractivity (Wildman–Crippen MR) is 75.0 cm³/mol. The highest BCUT2D eigenvalue weighted by Gasteiger charge is 2.11. The van der Waals surface area contributed by atoms with Gasteiger partial charge in [0.2, 0.25) is 0 Å². The molecule has 106 valence electrons. The lowest BCUT2D eigenvalue weighted by molar-refractivity contribution is 0.386. The highest BCUT2D eigenvalue weighted by Crippen LogP contribution is 2.24. The Morgan fingerprint density at radius 2 is 1.90 bits per heavy atom. The van der Waals surface area contributed by atoms with Gasteiger partial charge in [-0.1, -0.05) is 23.7 Å². The van der Waals surface area contributed by atoms with Crippen LogP contribution >= 0.6 is 11.6 Å². The van der Waals surface area contributed by atoms with Crippen LogP contribution in [-0.2, 0) is 6.42 Å². The van der Waals surface area contributed by atoms with Crippen LogP contribution in [0.2, 0.25) is 5.02 Å². The molecule has 2 aromatic carbocycles. The van der Waals surface area contributed by atoms with Crippen molar-refractivity contribution < 1.29 is 13.5 Å². The highest BCUT2D eigenvalue weighted by atomic mass is 35.5. The molecule has 2 nitrogen and oxygen atoms in total. The molecule has 2 rings (SSSR count). The number of hydrogen-bond acceptors (Lipinski definition) is 2. The molecular weight excluding hydrogens is 284 g/mol. The van der Waals surface area contributed by atoms with Gasteiger partial charge in [0, 0.05) is 6.04 Å². The van der Waals surface area contributed by atoms with Gasteiger partial charge in [-0.2, -0.15) is 0 Å². The Hall–Kier alpha value is -1.65. The fourth-order valence-corrected chi connectivity index (χ4v) is 2.14. The van der Waals surface area contributed by atoms with E-state index in [2.05, 4.69) is 0 Å². The Labute approximate surface area is 121 Å². The van der Waals surface area contributed by atoms with E-state index in [0.717, 1.165) is 5.56 Å². The zero-order valence-corrected chi connectivity index (χ0v) is 11.6. The average molecular weight is 298 g/mol. The summed E-state index contributed by atoms with van der Waals surface area (Å²) in [4.78, 5) is 0. The minimum Gasteiger partial charge on any atom is -0.494 e. The molecule has 2 N–H and O–H groups in total. The van der Waals surface area contributed by atoms with Gasteiger partial charge < -0.3 is 10.5 Å². The van der Waals surface area contributed by atoms with Crippen LogP contribution in [0.15, 0.2) is 36.4 Å². The van der Waals surface area contributed by atoms with Gasteiger partial charge in [-0.05, 0) is 41.8 Å². The van der Waals surface area contributed by atoms with Crippen molar-refractivity contribution in [2.24, 2.45) is 5.73 Å². The molecule has 0 aliphatic rings. The van der Waals surface area contributed by atoms with Crippen LogP contribution in [0.4, 0.5) is 8.78 Å². The number of rotatable bonds is 4. The summed E-state index contributed by atoms with van der Waals surface area (Å²) in [5.41, 5.74) is 7.47. The van der Waals surface area contributed by atoms with E-state index in [1.54, 1.807) is 18.2 Å². The Balaban J connectivity index is 2.16. The smallest absolute Gasteiger partial charge is 0.165 e. The summed E-state index contributed by atoms with van der Waals surface area (Å²) in [6.07, 6.45) is 0.420. The molecule has 0 spiro atoms. The van der Waals surface area contributed by atoms with E-state index in [4.69, 9.17) is 22.1 Å². The summed E-state index contributed by atoms with van der Waals surface area (Å²) < 4.78 is 31.5. The number of benzene rings is 2. The summed E-state index contributed by atoms with van der Waals surface area (Å²) in [5, 5.41) is 0.0267. The zero-order valence-electron chi connectivity index (χ0n) is 10.9. The Bertz CT molecular complexity index is 619. The summed E-state index contributed by atoms with van der Waals surface area (Å²) in [5.74, 6) is -0.736. The summed E-state index contributed by atoms with van der Waals surface area (Å²) in [7, 11) is 1.41. The average Bonchev–Trinajstić information content (AvgIpc) is 2.42. The molecule has 20 heavy (non-hydrogen) atoms. The maximum absolute atomic E-state index is 13.6. The largest absolute Gasteiger partial charge is 0.494 e. The molecule has 0 saturated heterocycles. The van der Waals surface area contributed by atoms with Crippen LogP contribution < -0.4 is 10.5 Å². The molecule has 5 heteroatoms. The lowest BCUT2D eigenvalue weighted by Crippen LogP contribution is -2.13. The topological polar surface area (TPSA) is 35.2 Å². The second-order valence-corrected chi connectivity index (χ2v) is 4.86. The minimum absolute atomic E-state index is 0.0267. The molecule has 1 unspecified atom stereocenters. The molecule has 0 bridgehead atoms. The lowest BCUT2D eigenvalue weighted by atomic mass is 9.99. The van der Waals surface area contributed by atoms with Crippen molar-refractivity contribution in [3.05, 3.63) is 64.2 Å². The first-order valence-corrected chi connectivity index (χ1v) is 6.42. The first-order chi connectivity index (χ1) is 9.51. The molecular formula is C15H14ClF2NO. The molecule has 0 aliphatic heterocycles. The first-order valence-electron chi connectivity index (χ1n) is 6.04. The van der Waals surface area contributed by atoms with E-state index < -0.39 is 11.6 Å². The molecule has 0 amide bonds. The monoisotopic (exact) mass is 297 g/mol. The van der Waals surface area contributed by atoms with Crippen molar-refractivity contribution in [1.82, 2.24) is 0 Å². The minimum atomic E-state index is -0.488. The van der Waals surface area contributed by atoms with Gasteiger partial charge in [0.15, 0.2) is 11.6 Å². The molecule has 0 fully saturated rings. The number of methoxy groups -OCH3 is 1. The molecule has 0 saturated carbocycles. The number of nitrogens with two attached hydrogens (primary N) is 1. The van der Waals surface area contributed by atoms with Crippen molar-refractivity contribution >= 4 is 11.6 Å². The quantitative estimate of drug-likeness (QED) is 0.930. The van der Waals surface area contributed by atoms with Crippen molar-refractivity contribution in [3.8, 4) is 5.75 Å². The van der Waals surface area contributed by atoms with Gasteiger partial charge in [0.1, 0.15) is 5.82 Å². The molecule has 0 radical (unpaired) electrons. The van der Waals surface area contributed by atoms with Crippen LogP contribution in [-0.4, -0.2) is 7.11 Å². The van der Waals surface area contributed by atoms with Crippen LogP contribution in [0.25, 0.3) is 0 Å². The third kappa shape index (κ3) is 3.26. The van der Waals surface area contributed by atoms with Crippen LogP contribution in [0, 0.1) is 11.6 Å². The fourth-order valence-electron chi connectivity index (χ4n) is 1.95. The Kier molecular flexibility index (Phi) is 4.57. The van der Waals surface area contributed by atoms with Gasteiger partial charge in [-0.3, -0.25) is 0 Å². The third-order valence-corrected chi connectivity index (χ3v) is 3.33. The summed E-state index contributed by atoms with van der Waals surface area (Å²) in [6, 6.07) is 8.62. The van der Waals surface area contributed by atoms with Gasteiger partial charge >= 0.3 is 0 Å². The van der Waals surface area contributed by atoms with E-state index in [0.29, 0.717) is 12.0 Å². The third-order valence-electron chi connectivity index (χ3n) is 3.04. The predicted octanol–water partition coefficient (Wildman–Crippen LogP) is 3.87. The standard InChI is InChI=1S/C15H14ClF2NO/c1-20-15-5-2-9(6-13(15)18)7-14(19)10-3-4-12(17)11(16)8-10/h2-6,8,14H,7,19H2,1H3. The molecule has 0 heterocycles. The Morgan fingerprint density at radius 3 is 2.50 bits per heavy atom. The zero-order chi connectivity index (χ0) is 14.7. The summed E-state index contributed by atoms with van der Waals surface area (Å²) >= 11 is 5.72. The molecule has 0 aromatic heterocycles. The Morgan fingerprint density at radius 1 is 1.15 bits per heavy atom. The number of halogens is 3. The number of hydrogen-bond donors (Lipinski definition) is 1. The summed E-state index contributed by atoms with van der Waals surface area (Å²) in [6.45, 7) is 0. The van der Waals surface area contributed by atoms with E-state index in [9.17, 15) is 8.78 Å². The van der Waals surface area contributed by atoms with Crippen LogP contribution in [0.3, 0.4) is 0 Å². The van der Waals surface area contributed by atoms with Crippen molar-refractivity contribution in [2.75, 3.05) is 7.11 Å². The first kappa shape index (κ1) is 14.8. The van der Waals surface area contributed by atoms with E-state index in [1.165, 1.54) is 25.3 Å². The van der Waals surface area contributed by atoms with Gasteiger partial charge in [0.25, 0.3) is 0 Å². The van der Waals surface area contributed by atoms with Crippen LogP contribution in [0.5, 0.6) is 5.75 Å². The highest BCUT2D eigenvalue weighted by molar-refractivity contribution is 6.30. The second kappa shape index (κ2) is 6.20.